The Bertz CT molecular complexity index is 851. The Hall–Kier alpha value is -2.66. The van der Waals surface area contributed by atoms with E-state index >= 15 is 0 Å². The minimum Gasteiger partial charge on any atom is -0.376 e. The average molecular weight is 321 g/mol. The van der Waals surface area contributed by atoms with Crippen LogP contribution in [-0.2, 0) is 4.74 Å². The molecule has 1 aromatic carbocycles. The third kappa shape index (κ3) is 3.03. The Morgan fingerprint density at radius 2 is 2.08 bits per heavy atom. The number of benzene rings is 1. The summed E-state index contributed by atoms with van der Waals surface area (Å²) in [5.41, 5.74) is 3.40. The second kappa shape index (κ2) is 6.45. The molecule has 1 aliphatic rings. The minimum atomic E-state index is -0.0811. The van der Waals surface area contributed by atoms with Gasteiger partial charge in [-0.1, -0.05) is 30.3 Å². The largest absolute Gasteiger partial charge is 0.376 e. The van der Waals surface area contributed by atoms with Crippen LogP contribution in [0, 0.1) is 0 Å². The molecule has 3 heterocycles. The molecule has 1 amide bonds. The van der Waals surface area contributed by atoms with E-state index < -0.39 is 0 Å². The molecule has 0 saturated carbocycles. The number of nitrogens with zero attached hydrogens (tertiary/aromatic N) is 2. The van der Waals surface area contributed by atoms with Gasteiger partial charge in [-0.05, 0) is 25.0 Å². The Kier molecular flexibility index (Phi) is 4.01. The molecule has 1 unspecified atom stereocenters. The molecular formula is C19H19N3O2. The van der Waals surface area contributed by atoms with Crippen LogP contribution in [0.4, 0.5) is 0 Å². The summed E-state index contributed by atoms with van der Waals surface area (Å²) in [5, 5.41) is 2.95. The molecule has 122 valence electrons. The maximum atomic E-state index is 12.3. The number of carbonyl (C=O) groups is 1. The lowest BCUT2D eigenvalue weighted by molar-refractivity contribution is 0.0857. The molecule has 2 aromatic heterocycles. The first kappa shape index (κ1) is 14.9. The van der Waals surface area contributed by atoms with Gasteiger partial charge in [0.1, 0.15) is 5.65 Å². The third-order valence-corrected chi connectivity index (χ3v) is 4.30. The number of amides is 1. The van der Waals surface area contributed by atoms with Crippen molar-refractivity contribution in [2.24, 2.45) is 0 Å². The van der Waals surface area contributed by atoms with Crippen LogP contribution in [0.15, 0.2) is 54.9 Å². The molecular weight excluding hydrogens is 302 g/mol. The van der Waals surface area contributed by atoms with E-state index in [-0.39, 0.29) is 12.0 Å². The van der Waals surface area contributed by atoms with Crippen molar-refractivity contribution < 1.29 is 9.53 Å². The standard InChI is InChI=1S/C19H19N3O2/c23-19(20-11-16-7-4-10-24-16)15-8-9-18-21-17(13-22(18)12-15)14-5-2-1-3-6-14/h1-3,5-6,8-9,12-13,16H,4,7,10-11H2,(H,20,23). The number of hydrogen-bond donors (Lipinski definition) is 1. The Balaban J connectivity index is 1.53. The Morgan fingerprint density at radius 3 is 2.88 bits per heavy atom. The highest BCUT2D eigenvalue weighted by molar-refractivity contribution is 5.94. The maximum absolute atomic E-state index is 12.3. The molecule has 3 aromatic rings. The van der Waals surface area contributed by atoms with Crippen LogP contribution in [-0.4, -0.2) is 34.5 Å². The zero-order valence-corrected chi connectivity index (χ0v) is 13.3. The second-order valence-corrected chi connectivity index (χ2v) is 6.02. The molecule has 0 radical (unpaired) electrons. The number of carbonyl (C=O) groups excluding carboxylic acids is 1. The second-order valence-electron chi connectivity index (χ2n) is 6.02. The smallest absolute Gasteiger partial charge is 0.252 e. The van der Waals surface area contributed by atoms with Crippen LogP contribution in [0.25, 0.3) is 16.9 Å². The molecule has 1 fully saturated rings. The summed E-state index contributed by atoms with van der Waals surface area (Å²) < 4.78 is 7.42. The fourth-order valence-corrected chi connectivity index (χ4v) is 2.99. The first-order chi connectivity index (χ1) is 11.8. The van der Waals surface area contributed by atoms with Gasteiger partial charge in [-0.15, -0.1) is 0 Å². The molecule has 24 heavy (non-hydrogen) atoms. The molecule has 1 saturated heterocycles. The van der Waals surface area contributed by atoms with Crippen LogP contribution in [0.1, 0.15) is 23.2 Å². The summed E-state index contributed by atoms with van der Waals surface area (Å²) >= 11 is 0. The number of imidazole rings is 1. The lowest BCUT2D eigenvalue weighted by Crippen LogP contribution is -2.31. The van der Waals surface area contributed by atoms with Crippen molar-refractivity contribution >= 4 is 11.6 Å². The molecule has 4 rings (SSSR count). The van der Waals surface area contributed by atoms with Gasteiger partial charge >= 0.3 is 0 Å². The van der Waals surface area contributed by atoms with E-state index in [1.54, 1.807) is 0 Å². The molecule has 1 N–H and O–H groups in total. The first-order valence-corrected chi connectivity index (χ1v) is 8.23. The van der Waals surface area contributed by atoms with Gasteiger partial charge in [0.15, 0.2) is 0 Å². The zero-order valence-electron chi connectivity index (χ0n) is 13.3. The number of fused-ring (bicyclic) bond motifs is 1. The fraction of sp³-hybridized carbons (Fsp3) is 0.263. The van der Waals surface area contributed by atoms with E-state index in [9.17, 15) is 4.79 Å². The lowest BCUT2D eigenvalue weighted by atomic mass is 10.2. The normalized spacial score (nSPS) is 17.2. The zero-order chi connectivity index (χ0) is 16.4. The number of nitrogens with one attached hydrogen (secondary N) is 1. The lowest BCUT2D eigenvalue weighted by Gasteiger charge is -2.10. The summed E-state index contributed by atoms with van der Waals surface area (Å²) in [6, 6.07) is 13.7. The monoisotopic (exact) mass is 321 g/mol. The third-order valence-electron chi connectivity index (χ3n) is 4.30. The number of pyridine rings is 1. The number of aromatic nitrogens is 2. The summed E-state index contributed by atoms with van der Waals surface area (Å²) in [5.74, 6) is -0.0811. The summed E-state index contributed by atoms with van der Waals surface area (Å²) in [6.07, 6.45) is 6.00. The quantitative estimate of drug-likeness (QED) is 0.804. The van der Waals surface area contributed by atoms with Crippen molar-refractivity contribution in [1.29, 1.82) is 0 Å². The molecule has 0 aliphatic carbocycles. The molecule has 1 aliphatic heterocycles. The topological polar surface area (TPSA) is 55.6 Å². The van der Waals surface area contributed by atoms with E-state index in [2.05, 4.69) is 10.3 Å². The fourth-order valence-electron chi connectivity index (χ4n) is 2.99. The molecule has 5 heteroatoms. The number of ether oxygens (including phenoxy) is 1. The molecule has 1 atom stereocenters. The predicted octanol–water partition coefficient (Wildman–Crippen LogP) is 2.91. The van der Waals surface area contributed by atoms with Crippen molar-refractivity contribution in [3.8, 4) is 11.3 Å². The number of rotatable bonds is 4. The first-order valence-electron chi connectivity index (χ1n) is 8.23. The van der Waals surface area contributed by atoms with Crippen LogP contribution in [0.2, 0.25) is 0 Å². The van der Waals surface area contributed by atoms with E-state index in [1.165, 1.54) is 0 Å². The SMILES string of the molecule is O=C(NCC1CCCO1)c1ccc2nc(-c3ccccc3)cn2c1. The van der Waals surface area contributed by atoms with Crippen molar-refractivity contribution in [2.75, 3.05) is 13.2 Å². The van der Waals surface area contributed by atoms with Crippen LogP contribution in [0.3, 0.4) is 0 Å². The van der Waals surface area contributed by atoms with Gasteiger partial charge in [-0.3, -0.25) is 4.79 Å². The van der Waals surface area contributed by atoms with E-state index in [1.807, 2.05) is 59.3 Å². The van der Waals surface area contributed by atoms with Crippen molar-refractivity contribution in [1.82, 2.24) is 14.7 Å². The van der Waals surface area contributed by atoms with Crippen LogP contribution in [0.5, 0.6) is 0 Å². The Labute approximate surface area is 140 Å². The van der Waals surface area contributed by atoms with Crippen LogP contribution < -0.4 is 5.32 Å². The highest BCUT2D eigenvalue weighted by Gasteiger charge is 2.17. The summed E-state index contributed by atoms with van der Waals surface area (Å²) in [4.78, 5) is 16.9. The van der Waals surface area contributed by atoms with Gasteiger partial charge < -0.3 is 14.5 Å². The Morgan fingerprint density at radius 1 is 1.21 bits per heavy atom. The van der Waals surface area contributed by atoms with Gasteiger partial charge in [0, 0.05) is 31.1 Å². The maximum Gasteiger partial charge on any atom is 0.252 e. The van der Waals surface area contributed by atoms with Crippen molar-refractivity contribution in [2.45, 2.75) is 18.9 Å². The predicted molar refractivity (Wildman–Crippen MR) is 91.9 cm³/mol. The van der Waals surface area contributed by atoms with Crippen molar-refractivity contribution in [3.05, 3.63) is 60.4 Å². The van der Waals surface area contributed by atoms with Crippen molar-refractivity contribution in [3.63, 3.8) is 0 Å². The average Bonchev–Trinajstić information content (AvgIpc) is 3.29. The van der Waals surface area contributed by atoms with Gasteiger partial charge in [0.05, 0.1) is 17.4 Å². The van der Waals surface area contributed by atoms with Gasteiger partial charge in [0.2, 0.25) is 0 Å². The van der Waals surface area contributed by atoms with E-state index in [4.69, 9.17) is 4.74 Å². The summed E-state index contributed by atoms with van der Waals surface area (Å²) in [6.45, 7) is 1.36. The highest BCUT2D eigenvalue weighted by atomic mass is 16.5. The van der Waals surface area contributed by atoms with E-state index in [0.717, 1.165) is 36.4 Å². The number of hydrogen-bond acceptors (Lipinski definition) is 3. The minimum absolute atomic E-state index is 0.0811. The van der Waals surface area contributed by atoms with Gasteiger partial charge in [-0.25, -0.2) is 4.98 Å². The molecule has 0 bridgehead atoms. The van der Waals surface area contributed by atoms with Crippen LogP contribution >= 0.6 is 0 Å². The summed E-state index contributed by atoms with van der Waals surface area (Å²) in [7, 11) is 0. The molecule has 5 nitrogen and oxygen atoms in total. The highest BCUT2D eigenvalue weighted by Crippen LogP contribution is 2.19. The van der Waals surface area contributed by atoms with Gasteiger partial charge in [-0.2, -0.15) is 0 Å². The van der Waals surface area contributed by atoms with E-state index in [0.29, 0.717) is 12.1 Å². The van der Waals surface area contributed by atoms with Gasteiger partial charge in [0.25, 0.3) is 5.91 Å². The molecule has 0 spiro atoms.